The van der Waals surface area contributed by atoms with Gasteiger partial charge in [0.25, 0.3) is 5.91 Å². The molecule has 1 N–H and O–H groups in total. The summed E-state index contributed by atoms with van der Waals surface area (Å²) < 4.78 is 2.01. The van der Waals surface area contributed by atoms with Crippen molar-refractivity contribution in [2.75, 3.05) is 18.4 Å². The molecule has 5 rings (SSSR count). The summed E-state index contributed by atoms with van der Waals surface area (Å²) in [7, 11) is 0. The number of hydrogen-bond donors (Lipinski definition) is 1. The van der Waals surface area contributed by atoms with Crippen LogP contribution in [-0.2, 0) is 19.5 Å². The maximum Gasteiger partial charge on any atom is 0.293 e. The molecule has 2 aromatic carbocycles. The number of benzene rings is 2. The van der Waals surface area contributed by atoms with E-state index in [1.54, 1.807) is 0 Å². The molecule has 0 spiro atoms. The van der Waals surface area contributed by atoms with Crippen LogP contribution in [0.3, 0.4) is 0 Å². The topological polar surface area (TPSA) is 63.1 Å². The normalized spacial score (nSPS) is 20.9. The van der Waals surface area contributed by atoms with Crippen LogP contribution in [0.5, 0.6) is 0 Å². The van der Waals surface area contributed by atoms with Gasteiger partial charge in [-0.1, -0.05) is 41.9 Å². The van der Waals surface area contributed by atoms with Crippen molar-refractivity contribution in [3.63, 3.8) is 0 Å². The summed E-state index contributed by atoms with van der Waals surface area (Å²) in [5, 5.41) is 12.2. The highest BCUT2D eigenvalue weighted by molar-refractivity contribution is 6.30. The van der Waals surface area contributed by atoms with E-state index in [-0.39, 0.29) is 5.91 Å². The van der Waals surface area contributed by atoms with Gasteiger partial charge in [0.05, 0.1) is 0 Å². The van der Waals surface area contributed by atoms with Crippen molar-refractivity contribution in [1.29, 1.82) is 0 Å². The summed E-state index contributed by atoms with van der Waals surface area (Å²) in [6.45, 7) is 3.78. The number of nitrogens with one attached hydrogen (secondary N) is 1. The second kappa shape index (κ2) is 7.61. The van der Waals surface area contributed by atoms with E-state index in [4.69, 9.17) is 11.6 Å². The van der Waals surface area contributed by atoms with Gasteiger partial charge in [-0.25, -0.2) is 0 Å². The minimum Gasteiger partial charge on any atom is -0.319 e. The molecule has 2 aliphatic rings. The molecule has 7 heteroatoms. The maximum atomic E-state index is 12.7. The molecular weight excluding hydrogens is 386 g/mol. The van der Waals surface area contributed by atoms with E-state index in [2.05, 4.69) is 32.5 Å². The summed E-state index contributed by atoms with van der Waals surface area (Å²) in [5.41, 5.74) is 2.04. The highest BCUT2D eigenvalue weighted by Gasteiger charge is 2.39. The molecule has 0 saturated carbocycles. The van der Waals surface area contributed by atoms with Gasteiger partial charge in [0.2, 0.25) is 5.82 Å². The number of fused-ring (bicyclic) bond motifs is 2. The molecule has 2 aliphatic heterocycles. The number of aromatic nitrogens is 3. The SMILES string of the molecule is O=C(Nc1ccccc1)c1nnc2n1C[C@@H]1CN(Cc3ccc(Cl)cc3)C[C@@H]1C2. The van der Waals surface area contributed by atoms with Crippen molar-refractivity contribution in [3.05, 3.63) is 76.8 Å². The lowest BCUT2D eigenvalue weighted by molar-refractivity contribution is 0.100. The number of hydrogen-bond acceptors (Lipinski definition) is 4. The van der Waals surface area contributed by atoms with Crippen molar-refractivity contribution in [1.82, 2.24) is 19.7 Å². The molecule has 0 radical (unpaired) electrons. The fourth-order valence-electron chi connectivity index (χ4n) is 4.47. The third kappa shape index (κ3) is 3.78. The zero-order valence-corrected chi connectivity index (χ0v) is 16.7. The lowest BCUT2D eigenvalue weighted by atomic mass is 9.89. The van der Waals surface area contributed by atoms with E-state index in [0.29, 0.717) is 17.7 Å². The number of likely N-dealkylation sites (tertiary alicyclic amines) is 1. The summed E-state index contributed by atoms with van der Waals surface area (Å²) in [4.78, 5) is 15.2. The quantitative estimate of drug-likeness (QED) is 0.719. The smallest absolute Gasteiger partial charge is 0.293 e. The monoisotopic (exact) mass is 407 g/mol. The Morgan fingerprint density at radius 1 is 1.00 bits per heavy atom. The second-order valence-electron chi connectivity index (χ2n) is 7.92. The third-order valence-electron chi connectivity index (χ3n) is 5.90. The Morgan fingerprint density at radius 2 is 1.76 bits per heavy atom. The standard InChI is InChI=1S/C22H22ClN5O/c23-18-8-6-15(7-9-18)11-27-12-16-10-20-25-26-21(28(20)14-17(16)13-27)22(29)24-19-4-2-1-3-5-19/h1-9,16-17H,10-14H2,(H,24,29)/t16-,17-/m0/s1. The molecule has 1 aromatic heterocycles. The number of amides is 1. The van der Waals surface area contributed by atoms with E-state index >= 15 is 0 Å². The van der Waals surface area contributed by atoms with Crippen LogP contribution in [0.15, 0.2) is 54.6 Å². The van der Waals surface area contributed by atoms with Gasteiger partial charge in [-0.3, -0.25) is 9.69 Å². The van der Waals surface area contributed by atoms with Crippen LogP contribution < -0.4 is 5.32 Å². The average Bonchev–Trinajstić information content (AvgIpc) is 3.31. The highest BCUT2D eigenvalue weighted by atomic mass is 35.5. The van der Waals surface area contributed by atoms with Crippen molar-refractivity contribution < 1.29 is 4.79 Å². The third-order valence-corrected chi connectivity index (χ3v) is 6.15. The molecule has 0 unspecified atom stereocenters. The van der Waals surface area contributed by atoms with Crippen LogP contribution in [0.1, 0.15) is 22.0 Å². The number of halogens is 1. The highest BCUT2D eigenvalue weighted by Crippen LogP contribution is 2.33. The van der Waals surface area contributed by atoms with Crippen molar-refractivity contribution >= 4 is 23.2 Å². The second-order valence-corrected chi connectivity index (χ2v) is 8.35. The molecule has 1 saturated heterocycles. The van der Waals surface area contributed by atoms with Crippen LogP contribution in [0.2, 0.25) is 5.02 Å². The molecule has 3 aromatic rings. The van der Waals surface area contributed by atoms with E-state index in [1.807, 2.05) is 47.0 Å². The summed E-state index contributed by atoms with van der Waals surface area (Å²) in [6, 6.07) is 17.5. The largest absolute Gasteiger partial charge is 0.319 e. The zero-order valence-electron chi connectivity index (χ0n) is 16.0. The number of carbonyl (C=O) groups excluding carboxylic acids is 1. The summed E-state index contributed by atoms with van der Waals surface area (Å²) in [5.74, 6) is 2.18. The van der Waals surface area contributed by atoms with Crippen LogP contribution >= 0.6 is 11.6 Å². The molecule has 29 heavy (non-hydrogen) atoms. The van der Waals surface area contributed by atoms with Crippen molar-refractivity contribution in [2.24, 2.45) is 11.8 Å². The van der Waals surface area contributed by atoms with Crippen LogP contribution in [0.25, 0.3) is 0 Å². The van der Waals surface area contributed by atoms with Crippen molar-refractivity contribution in [3.8, 4) is 0 Å². The van der Waals surface area contributed by atoms with Gasteiger partial charge in [0.15, 0.2) is 0 Å². The van der Waals surface area contributed by atoms with Crippen molar-refractivity contribution in [2.45, 2.75) is 19.5 Å². The van der Waals surface area contributed by atoms with Gasteiger partial charge in [0.1, 0.15) is 5.82 Å². The zero-order chi connectivity index (χ0) is 19.8. The first kappa shape index (κ1) is 18.3. The van der Waals surface area contributed by atoms with Gasteiger partial charge in [0, 0.05) is 43.3 Å². The minimum absolute atomic E-state index is 0.204. The molecular formula is C22H22ClN5O. The van der Waals surface area contributed by atoms with E-state index < -0.39 is 0 Å². The molecule has 3 heterocycles. The predicted molar refractivity (Wildman–Crippen MR) is 112 cm³/mol. The predicted octanol–water partition coefficient (Wildman–Crippen LogP) is 3.49. The first-order valence-corrected chi connectivity index (χ1v) is 10.3. The van der Waals surface area contributed by atoms with Gasteiger partial charge < -0.3 is 9.88 Å². The molecule has 2 atom stereocenters. The van der Waals surface area contributed by atoms with Crippen LogP contribution in [-0.4, -0.2) is 38.7 Å². The van der Waals surface area contributed by atoms with E-state index in [0.717, 1.165) is 49.1 Å². The lowest BCUT2D eigenvalue weighted by Crippen LogP contribution is -2.31. The Hall–Kier alpha value is -2.70. The summed E-state index contributed by atoms with van der Waals surface area (Å²) in [6.07, 6.45) is 0.868. The Kier molecular flexibility index (Phi) is 4.81. The van der Waals surface area contributed by atoms with Gasteiger partial charge in [-0.05, 0) is 41.7 Å². The summed E-state index contributed by atoms with van der Waals surface area (Å²) >= 11 is 6.00. The first-order chi connectivity index (χ1) is 14.2. The Morgan fingerprint density at radius 3 is 2.55 bits per heavy atom. The first-order valence-electron chi connectivity index (χ1n) is 9.91. The maximum absolute atomic E-state index is 12.7. The minimum atomic E-state index is -0.204. The van der Waals surface area contributed by atoms with E-state index in [9.17, 15) is 4.79 Å². The molecule has 0 aliphatic carbocycles. The molecule has 6 nitrogen and oxygen atoms in total. The molecule has 1 fully saturated rings. The molecule has 0 bridgehead atoms. The van der Waals surface area contributed by atoms with Gasteiger partial charge in [-0.15, -0.1) is 10.2 Å². The fraction of sp³-hybridized carbons (Fsp3) is 0.318. The lowest BCUT2D eigenvalue weighted by Gasteiger charge is -2.25. The Labute approximate surface area is 174 Å². The van der Waals surface area contributed by atoms with E-state index in [1.165, 1.54) is 5.56 Å². The fourth-order valence-corrected chi connectivity index (χ4v) is 4.60. The number of anilines is 1. The van der Waals surface area contributed by atoms with Gasteiger partial charge >= 0.3 is 0 Å². The van der Waals surface area contributed by atoms with Crippen LogP contribution in [0, 0.1) is 11.8 Å². The number of rotatable bonds is 4. The molecule has 1 amide bonds. The Bertz CT molecular complexity index is 1020. The number of nitrogens with zero attached hydrogens (tertiary/aromatic N) is 4. The van der Waals surface area contributed by atoms with Crippen LogP contribution in [0.4, 0.5) is 5.69 Å². The average molecular weight is 408 g/mol. The van der Waals surface area contributed by atoms with Gasteiger partial charge in [-0.2, -0.15) is 0 Å². The number of para-hydroxylation sites is 1. The molecule has 148 valence electrons. The Balaban J connectivity index is 1.27. The number of carbonyl (C=O) groups is 1.